The van der Waals surface area contributed by atoms with Crippen molar-refractivity contribution in [2.45, 2.75) is 31.7 Å². The van der Waals surface area contributed by atoms with Crippen LogP contribution in [0.5, 0.6) is 0 Å². The third-order valence-corrected chi connectivity index (χ3v) is 4.76. The summed E-state index contributed by atoms with van der Waals surface area (Å²) >= 11 is 0. The first kappa shape index (κ1) is 17.2. The van der Waals surface area contributed by atoms with Gasteiger partial charge in [-0.25, -0.2) is 9.18 Å². The lowest BCUT2D eigenvalue weighted by atomic mass is 9.90. The third-order valence-electron chi connectivity index (χ3n) is 4.76. The van der Waals surface area contributed by atoms with E-state index in [4.69, 9.17) is 0 Å². The minimum absolute atomic E-state index is 0.0919. The molecule has 2 N–H and O–H groups in total. The van der Waals surface area contributed by atoms with Gasteiger partial charge in [0, 0.05) is 25.4 Å². The number of halogens is 1. The smallest absolute Gasteiger partial charge is 0.317 e. The molecule has 2 heterocycles. The summed E-state index contributed by atoms with van der Waals surface area (Å²) in [6.45, 7) is 3.19. The van der Waals surface area contributed by atoms with Gasteiger partial charge in [0.05, 0.1) is 6.04 Å². The fraction of sp³-hybridized carbons (Fsp3) is 0.368. The monoisotopic (exact) mass is 343 g/mol. The van der Waals surface area contributed by atoms with Gasteiger partial charge < -0.3 is 15.2 Å². The van der Waals surface area contributed by atoms with E-state index in [2.05, 4.69) is 10.3 Å². The average Bonchev–Trinajstić information content (AvgIpc) is 2.62. The SMILES string of the molecule is C[C@H](NC(=O)N1CCC(c2cc[nH]c(=O)c2)CC1)c1ccc(F)cc1. The van der Waals surface area contributed by atoms with Crippen molar-refractivity contribution in [3.05, 3.63) is 69.9 Å². The van der Waals surface area contributed by atoms with Gasteiger partial charge in [0.1, 0.15) is 5.82 Å². The molecule has 1 fully saturated rings. The number of carbonyl (C=O) groups is 1. The number of aromatic nitrogens is 1. The van der Waals surface area contributed by atoms with Crippen LogP contribution in [0.25, 0.3) is 0 Å². The molecule has 6 heteroatoms. The van der Waals surface area contributed by atoms with Crippen molar-refractivity contribution < 1.29 is 9.18 Å². The number of benzene rings is 1. The van der Waals surface area contributed by atoms with E-state index in [9.17, 15) is 14.0 Å². The first-order valence-corrected chi connectivity index (χ1v) is 8.52. The normalized spacial score (nSPS) is 16.5. The second-order valence-electron chi connectivity index (χ2n) is 6.47. The summed E-state index contributed by atoms with van der Waals surface area (Å²) < 4.78 is 13.0. The van der Waals surface area contributed by atoms with E-state index >= 15 is 0 Å². The number of urea groups is 1. The Kier molecular flexibility index (Phi) is 5.16. The van der Waals surface area contributed by atoms with Crippen molar-refractivity contribution in [3.63, 3.8) is 0 Å². The molecule has 0 saturated carbocycles. The third kappa shape index (κ3) is 4.26. The zero-order valence-corrected chi connectivity index (χ0v) is 14.2. The van der Waals surface area contributed by atoms with E-state index in [1.54, 1.807) is 29.3 Å². The Bertz CT molecular complexity index is 780. The van der Waals surface area contributed by atoms with Crippen LogP contribution in [0.1, 0.15) is 42.9 Å². The Hall–Kier alpha value is -2.63. The number of nitrogens with one attached hydrogen (secondary N) is 2. The maximum atomic E-state index is 13.0. The summed E-state index contributed by atoms with van der Waals surface area (Å²) in [5, 5.41) is 2.96. The van der Waals surface area contributed by atoms with Gasteiger partial charge >= 0.3 is 6.03 Å². The van der Waals surface area contributed by atoms with Crippen molar-refractivity contribution in [2.24, 2.45) is 0 Å². The molecule has 0 unspecified atom stereocenters. The number of amides is 2. The van der Waals surface area contributed by atoms with E-state index < -0.39 is 0 Å². The molecule has 1 atom stereocenters. The van der Waals surface area contributed by atoms with E-state index in [0.717, 1.165) is 24.0 Å². The van der Waals surface area contributed by atoms with Gasteiger partial charge in [0.2, 0.25) is 5.56 Å². The van der Waals surface area contributed by atoms with Crippen LogP contribution in [-0.4, -0.2) is 29.0 Å². The van der Waals surface area contributed by atoms with E-state index in [1.165, 1.54) is 12.1 Å². The van der Waals surface area contributed by atoms with Crippen LogP contribution in [0.4, 0.5) is 9.18 Å². The summed E-state index contributed by atoms with van der Waals surface area (Å²) in [5.74, 6) is 0.0185. The predicted octanol–water partition coefficient (Wildman–Crippen LogP) is 3.16. The minimum Gasteiger partial charge on any atom is -0.331 e. The molecule has 1 aliphatic rings. The number of rotatable bonds is 3. The molecule has 132 valence electrons. The number of pyridine rings is 1. The topological polar surface area (TPSA) is 65.2 Å². The number of hydrogen-bond acceptors (Lipinski definition) is 2. The van der Waals surface area contributed by atoms with E-state index in [1.807, 2.05) is 13.0 Å². The van der Waals surface area contributed by atoms with Crippen LogP contribution >= 0.6 is 0 Å². The molecule has 1 aromatic heterocycles. The number of H-pyrrole nitrogens is 1. The van der Waals surface area contributed by atoms with Crippen molar-refractivity contribution in [1.82, 2.24) is 15.2 Å². The summed E-state index contributed by atoms with van der Waals surface area (Å²) in [4.78, 5) is 28.3. The van der Waals surface area contributed by atoms with Crippen molar-refractivity contribution in [2.75, 3.05) is 13.1 Å². The first-order valence-electron chi connectivity index (χ1n) is 8.52. The molecule has 0 spiro atoms. The van der Waals surface area contributed by atoms with E-state index in [0.29, 0.717) is 19.0 Å². The van der Waals surface area contributed by atoms with Gasteiger partial charge in [-0.15, -0.1) is 0 Å². The summed E-state index contributed by atoms with van der Waals surface area (Å²) in [6.07, 6.45) is 3.34. The summed E-state index contributed by atoms with van der Waals surface area (Å²) in [6, 6.07) is 9.42. The largest absolute Gasteiger partial charge is 0.331 e. The van der Waals surface area contributed by atoms with Gasteiger partial charge in [0.15, 0.2) is 0 Å². The maximum Gasteiger partial charge on any atom is 0.317 e. The molecular weight excluding hydrogens is 321 g/mol. The molecule has 2 aromatic rings. The van der Waals surface area contributed by atoms with Crippen LogP contribution in [0.15, 0.2) is 47.4 Å². The number of piperidine rings is 1. The average molecular weight is 343 g/mol. The number of nitrogens with zero attached hydrogens (tertiary/aromatic N) is 1. The standard InChI is InChI=1S/C19H22FN3O2/c1-13(14-2-4-17(20)5-3-14)22-19(25)23-10-7-15(8-11-23)16-6-9-21-18(24)12-16/h2-6,9,12-13,15H,7-8,10-11H2,1H3,(H,21,24)(H,22,25)/t13-/m0/s1. The van der Waals surface area contributed by atoms with Crippen LogP contribution in [-0.2, 0) is 0 Å². The molecule has 0 aliphatic carbocycles. The highest BCUT2D eigenvalue weighted by atomic mass is 19.1. The number of likely N-dealkylation sites (tertiary alicyclic amines) is 1. The van der Waals surface area contributed by atoms with Crippen LogP contribution in [0.3, 0.4) is 0 Å². The lowest BCUT2D eigenvalue weighted by Crippen LogP contribution is -2.44. The van der Waals surface area contributed by atoms with Crippen molar-refractivity contribution in [3.8, 4) is 0 Å². The maximum absolute atomic E-state index is 13.0. The molecular formula is C19H22FN3O2. The minimum atomic E-state index is -0.288. The molecule has 0 bridgehead atoms. The number of hydrogen-bond donors (Lipinski definition) is 2. The fourth-order valence-corrected chi connectivity index (χ4v) is 3.24. The molecule has 1 aliphatic heterocycles. The molecule has 0 radical (unpaired) electrons. The highest BCUT2D eigenvalue weighted by Gasteiger charge is 2.24. The Morgan fingerprint density at radius 1 is 1.24 bits per heavy atom. The highest BCUT2D eigenvalue weighted by molar-refractivity contribution is 5.74. The summed E-state index contributed by atoms with van der Waals surface area (Å²) in [5.41, 5.74) is 1.81. The Labute approximate surface area is 145 Å². The van der Waals surface area contributed by atoms with Crippen LogP contribution in [0.2, 0.25) is 0 Å². The van der Waals surface area contributed by atoms with Gasteiger partial charge in [0.25, 0.3) is 0 Å². The molecule has 2 amide bonds. The first-order chi connectivity index (χ1) is 12.0. The Morgan fingerprint density at radius 3 is 2.56 bits per heavy atom. The second-order valence-corrected chi connectivity index (χ2v) is 6.47. The molecule has 3 rings (SSSR count). The number of aromatic amines is 1. The second kappa shape index (κ2) is 7.51. The highest BCUT2D eigenvalue weighted by Crippen LogP contribution is 2.27. The summed E-state index contributed by atoms with van der Waals surface area (Å²) in [7, 11) is 0. The lowest BCUT2D eigenvalue weighted by molar-refractivity contribution is 0.178. The Balaban J connectivity index is 1.54. The quantitative estimate of drug-likeness (QED) is 0.899. The zero-order valence-electron chi connectivity index (χ0n) is 14.2. The van der Waals surface area contributed by atoms with Crippen LogP contribution in [0, 0.1) is 5.82 Å². The van der Waals surface area contributed by atoms with E-state index in [-0.39, 0.29) is 23.4 Å². The predicted molar refractivity (Wildman–Crippen MR) is 94.0 cm³/mol. The lowest BCUT2D eigenvalue weighted by Gasteiger charge is -2.33. The molecule has 25 heavy (non-hydrogen) atoms. The Morgan fingerprint density at radius 2 is 1.92 bits per heavy atom. The number of carbonyl (C=O) groups excluding carboxylic acids is 1. The zero-order chi connectivity index (χ0) is 17.8. The van der Waals surface area contributed by atoms with Gasteiger partial charge in [-0.2, -0.15) is 0 Å². The van der Waals surface area contributed by atoms with Crippen molar-refractivity contribution in [1.29, 1.82) is 0 Å². The molecule has 1 saturated heterocycles. The molecule has 5 nitrogen and oxygen atoms in total. The van der Waals surface area contributed by atoms with Gasteiger partial charge in [-0.05, 0) is 55.0 Å². The van der Waals surface area contributed by atoms with Gasteiger partial charge in [-0.1, -0.05) is 12.1 Å². The fourth-order valence-electron chi connectivity index (χ4n) is 3.24. The van der Waals surface area contributed by atoms with Crippen molar-refractivity contribution >= 4 is 6.03 Å². The van der Waals surface area contributed by atoms with Crippen LogP contribution < -0.4 is 10.9 Å². The van der Waals surface area contributed by atoms with Gasteiger partial charge in [-0.3, -0.25) is 4.79 Å². The molecule has 1 aromatic carbocycles.